The van der Waals surface area contributed by atoms with E-state index in [0.29, 0.717) is 18.4 Å². The summed E-state index contributed by atoms with van der Waals surface area (Å²) >= 11 is 0. The van der Waals surface area contributed by atoms with Gasteiger partial charge < -0.3 is 20.1 Å². The van der Waals surface area contributed by atoms with Gasteiger partial charge in [0.1, 0.15) is 5.75 Å². The fraction of sp³-hybridized carbons (Fsp3) is 0.739. The Morgan fingerprint density at radius 3 is 2.59 bits per heavy atom. The third kappa shape index (κ3) is 6.68. The van der Waals surface area contributed by atoms with Gasteiger partial charge in [-0.1, -0.05) is 26.7 Å². The van der Waals surface area contributed by atoms with Crippen LogP contribution < -0.4 is 10.1 Å². The first-order valence-corrected chi connectivity index (χ1v) is 11.4. The van der Waals surface area contributed by atoms with Gasteiger partial charge >= 0.3 is 0 Å². The van der Waals surface area contributed by atoms with Crippen LogP contribution in [0.5, 0.6) is 5.75 Å². The molecule has 1 amide bonds. The van der Waals surface area contributed by atoms with E-state index in [4.69, 9.17) is 9.84 Å². The van der Waals surface area contributed by atoms with Gasteiger partial charge in [-0.2, -0.15) is 0 Å². The number of fused-ring (bicyclic) bond motifs is 1. The third-order valence-corrected chi connectivity index (χ3v) is 5.63. The van der Waals surface area contributed by atoms with E-state index in [0.717, 1.165) is 51.1 Å². The van der Waals surface area contributed by atoms with Crippen LogP contribution in [0.15, 0.2) is 18.5 Å². The van der Waals surface area contributed by atoms with Crippen LogP contribution in [-0.4, -0.2) is 59.3 Å². The Kier molecular flexibility index (Phi) is 10.4. The van der Waals surface area contributed by atoms with Gasteiger partial charge in [0.05, 0.1) is 19.3 Å². The topological polar surface area (TPSA) is 74.7 Å². The van der Waals surface area contributed by atoms with Gasteiger partial charge in [0.25, 0.3) is 0 Å². The van der Waals surface area contributed by atoms with Crippen LogP contribution in [0.2, 0.25) is 0 Å². The van der Waals surface area contributed by atoms with Crippen molar-refractivity contribution in [2.45, 2.75) is 83.7 Å². The van der Waals surface area contributed by atoms with Crippen molar-refractivity contribution in [1.29, 1.82) is 0 Å². The zero-order chi connectivity index (χ0) is 21.1. The number of pyridine rings is 1. The average Bonchev–Trinajstić information content (AvgIpc) is 3.01. The molecule has 0 saturated carbocycles. The van der Waals surface area contributed by atoms with Crippen LogP contribution in [0.4, 0.5) is 0 Å². The Labute approximate surface area is 176 Å². The third-order valence-electron chi connectivity index (χ3n) is 5.63. The largest absolute Gasteiger partial charge is 0.493 e. The molecule has 6 heteroatoms. The minimum Gasteiger partial charge on any atom is -0.493 e. The molecule has 0 radical (unpaired) electrons. The van der Waals surface area contributed by atoms with E-state index in [1.54, 1.807) is 6.20 Å². The second kappa shape index (κ2) is 12.8. The summed E-state index contributed by atoms with van der Waals surface area (Å²) in [5.41, 5.74) is 1.24. The molecule has 164 valence electrons. The fourth-order valence-electron chi connectivity index (χ4n) is 4.11. The summed E-state index contributed by atoms with van der Waals surface area (Å²) < 4.78 is 5.53. The maximum absolute atomic E-state index is 11.7. The minimum absolute atomic E-state index is 0.121. The van der Waals surface area contributed by atoms with Gasteiger partial charge in [0, 0.05) is 49.4 Å². The van der Waals surface area contributed by atoms with Crippen LogP contribution >= 0.6 is 0 Å². The molecule has 1 aromatic heterocycles. The first kappa shape index (κ1) is 23.6. The van der Waals surface area contributed by atoms with Crippen LogP contribution in [0.1, 0.15) is 77.2 Å². The van der Waals surface area contributed by atoms with Crippen LogP contribution in [0.3, 0.4) is 0 Å². The summed E-state index contributed by atoms with van der Waals surface area (Å²) in [7, 11) is 0. The normalized spacial score (nSPS) is 23.6. The summed E-state index contributed by atoms with van der Waals surface area (Å²) in [5, 5.41) is 12.4. The van der Waals surface area contributed by atoms with E-state index < -0.39 is 0 Å². The number of hydrogen-bond donors (Lipinski definition) is 2. The molecule has 3 aliphatic rings. The summed E-state index contributed by atoms with van der Waals surface area (Å²) in [4.78, 5) is 17.8. The molecule has 0 aromatic carbocycles. The maximum atomic E-state index is 11.7. The van der Waals surface area contributed by atoms with Gasteiger partial charge in [-0.3, -0.25) is 9.78 Å². The van der Waals surface area contributed by atoms with Crippen LogP contribution in [0, 0.1) is 0 Å². The Balaban J connectivity index is 0.000000183. The predicted octanol–water partition coefficient (Wildman–Crippen LogP) is 3.50. The van der Waals surface area contributed by atoms with Crippen LogP contribution in [0.25, 0.3) is 0 Å². The van der Waals surface area contributed by atoms with Crippen molar-refractivity contribution in [3.05, 3.63) is 24.0 Å². The lowest BCUT2D eigenvalue weighted by Gasteiger charge is -2.28. The highest BCUT2D eigenvalue weighted by Gasteiger charge is 2.36. The molecular weight excluding hydrogens is 366 g/mol. The summed E-state index contributed by atoms with van der Waals surface area (Å²) in [5.74, 6) is 1.85. The number of carbonyl (C=O) groups excluding carboxylic acids is 1. The molecule has 2 N–H and O–H groups in total. The van der Waals surface area contributed by atoms with Crippen molar-refractivity contribution in [3.63, 3.8) is 0 Å². The van der Waals surface area contributed by atoms with E-state index >= 15 is 0 Å². The summed E-state index contributed by atoms with van der Waals surface area (Å²) in [6.07, 6.45) is 11.1. The van der Waals surface area contributed by atoms with Crippen molar-refractivity contribution in [2.24, 2.45) is 0 Å². The van der Waals surface area contributed by atoms with E-state index in [1.165, 1.54) is 18.4 Å². The molecule has 1 aromatic rings. The molecule has 0 spiro atoms. The summed E-state index contributed by atoms with van der Waals surface area (Å²) in [6.45, 7) is 9.21. The second-order valence-electron chi connectivity index (χ2n) is 8.02. The quantitative estimate of drug-likeness (QED) is 0.802. The monoisotopic (exact) mass is 405 g/mol. The van der Waals surface area contributed by atoms with Crippen molar-refractivity contribution >= 4 is 5.91 Å². The highest BCUT2D eigenvalue weighted by Crippen LogP contribution is 2.31. The lowest BCUT2D eigenvalue weighted by Crippen LogP contribution is -2.41. The molecule has 3 aliphatic heterocycles. The highest BCUT2D eigenvalue weighted by atomic mass is 16.5. The molecule has 3 saturated heterocycles. The number of carbonyl (C=O) groups is 1. The summed E-state index contributed by atoms with van der Waals surface area (Å²) in [6, 6.07) is 2.50. The SMILES string of the molecule is CCC.CCOc1ccncc1C1CNC1.O=C1CCCC[C@H]2CC[C@@H](CO)N12. The van der Waals surface area contributed by atoms with Crippen LogP contribution in [-0.2, 0) is 4.79 Å². The minimum atomic E-state index is 0.121. The molecule has 2 atom stereocenters. The Morgan fingerprint density at radius 2 is 1.97 bits per heavy atom. The number of aliphatic hydroxyl groups is 1. The van der Waals surface area contributed by atoms with Gasteiger partial charge in [0.15, 0.2) is 0 Å². The molecule has 4 heterocycles. The smallest absolute Gasteiger partial charge is 0.223 e. The van der Waals surface area contributed by atoms with E-state index in [1.807, 2.05) is 24.1 Å². The molecule has 0 bridgehead atoms. The average molecular weight is 406 g/mol. The van der Waals surface area contributed by atoms with Crippen molar-refractivity contribution in [1.82, 2.24) is 15.2 Å². The number of nitrogens with one attached hydrogen (secondary N) is 1. The lowest BCUT2D eigenvalue weighted by molar-refractivity contribution is -0.134. The first-order valence-electron chi connectivity index (χ1n) is 11.4. The standard InChI is InChI=1S/C10H14N2O.C10H17NO2.C3H8/c1-2-13-10-3-4-11-7-9(10)8-5-12-6-8;12-7-9-6-5-8-3-1-2-4-10(13)11(8)9;1-3-2/h3-4,7-8,12H,2,5-6H2,1H3;8-9,12H,1-7H2;3H2,1-2H3/t;8-,9-;/m.0./s1. The van der Waals surface area contributed by atoms with Gasteiger partial charge in [-0.05, 0) is 38.7 Å². The fourth-order valence-corrected chi connectivity index (χ4v) is 4.11. The number of aromatic nitrogens is 1. The predicted molar refractivity (Wildman–Crippen MR) is 116 cm³/mol. The molecule has 4 rings (SSSR count). The Morgan fingerprint density at radius 1 is 1.21 bits per heavy atom. The molecule has 3 fully saturated rings. The molecule has 29 heavy (non-hydrogen) atoms. The van der Waals surface area contributed by atoms with Crippen molar-refractivity contribution < 1.29 is 14.6 Å². The first-order chi connectivity index (χ1) is 14.2. The Hall–Kier alpha value is -1.66. The van der Waals surface area contributed by atoms with Crippen molar-refractivity contribution in [3.8, 4) is 5.75 Å². The highest BCUT2D eigenvalue weighted by molar-refractivity contribution is 5.77. The number of ether oxygens (including phenoxy) is 1. The number of amides is 1. The number of aliphatic hydroxyl groups excluding tert-OH is 1. The van der Waals surface area contributed by atoms with E-state index in [-0.39, 0.29) is 18.6 Å². The zero-order valence-electron chi connectivity index (χ0n) is 18.4. The van der Waals surface area contributed by atoms with Gasteiger partial charge in [0.2, 0.25) is 5.91 Å². The molecule has 0 unspecified atom stereocenters. The van der Waals surface area contributed by atoms with Gasteiger partial charge in [-0.25, -0.2) is 0 Å². The van der Waals surface area contributed by atoms with Gasteiger partial charge in [-0.15, -0.1) is 0 Å². The number of rotatable bonds is 4. The number of hydrogen-bond acceptors (Lipinski definition) is 5. The second-order valence-corrected chi connectivity index (χ2v) is 8.02. The van der Waals surface area contributed by atoms with E-state index in [9.17, 15) is 4.79 Å². The van der Waals surface area contributed by atoms with E-state index in [2.05, 4.69) is 24.1 Å². The molecule has 0 aliphatic carbocycles. The molecule has 6 nitrogen and oxygen atoms in total. The maximum Gasteiger partial charge on any atom is 0.223 e. The number of nitrogens with zero attached hydrogens (tertiary/aromatic N) is 2. The Bertz CT molecular complexity index is 607. The molecular formula is C23H39N3O3. The zero-order valence-corrected chi connectivity index (χ0v) is 18.4. The van der Waals surface area contributed by atoms with Crippen molar-refractivity contribution in [2.75, 3.05) is 26.3 Å². The lowest BCUT2D eigenvalue weighted by atomic mass is 9.94.